The lowest BCUT2D eigenvalue weighted by Gasteiger charge is -2.20. The van der Waals surface area contributed by atoms with Gasteiger partial charge in [-0.3, -0.25) is 14.9 Å². The smallest absolute Gasteiger partial charge is 0.323 e. The van der Waals surface area contributed by atoms with Gasteiger partial charge in [0.25, 0.3) is 11.8 Å². The first kappa shape index (κ1) is 22.0. The highest BCUT2D eigenvalue weighted by Crippen LogP contribution is 2.36. The summed E-state index contributed by atoms with van der Waals surface area (Å²) in [7, 11) is 0. The highest BCUT2D eigenvalue weighted by atomic mass is 35.5. The van der Waals surface area contributed by atoms with Crippen LogP contribution < -0.4 is 16.0 Å². The van der Waals surface area contributed by atoms with Crippen molar-refractivity contribution in [3.8, 4) is 0 Å². The van der Waals surface area contributed by atoms with E-state index in [4.69, 9.17) is 11.6 Å². The van der Waals surface area contributed by atoms with Crippen molar-refractivity contribution >= 4 is 46.9 Å². The fourth-order valence-corrected chi connectivity index (χ4v) is 4.07. The van der Waals surface area contributed by atoms with E-state index < -0.39 is 40.1 Å². The number of anilines is 1. The van der Waals surface area contributed by atoms with E-state index in [0.717, 1.165) is 23.9 Å². The zero-order chi connectivity index (χ0) is 22.1. The summed E-state index contributed by atoms with van der Waals surface area (Å²) in [4.78, 5) is 36.5. The third-order valence-corrected chi connectivity index (χ3v) is 6.01. The molecule has 0 saturated carbocycles. The van der Waals surface area contributed by atoms with Gasteiger partial charge in [-0.05, 0) is 37.3 Å². The lowest BCUT2D eigenvalue weighted by molar-refractivity contribution is -0.137. The van der Waals surface area contributed by atoms with Crippen LogP contribution in [0, 0.1) is 0 Å². The van der Waals surface area contributed by atoms with E-state index in [9.17, 15) is 27.6 Å². The second-order valence-corrected chi connectivity index (χ2v) is 8.10. The molecule has 6 nitrogen and oxygen atoms in total. The number of thioether (sulfide) groups is 1. The van der Waals surface area contributed by atoms with Crippen molar-refractivity contribution in [2.75, 3.05) is 11.1 Å². The summed E-state index contributed by atoms with van der Waals surface area (Å²) in [6, 6.07) is 8.92. The molecule has 11 heteroatoms. The zero-order valence-electron chi connectivity index (χ0n) is 15.4. The molecule has 1 atom stereocenters. The van der Waals surface area contributed by atoms with Crippen molar-refractivity contribution in [1.29, 1.82) is 0 Å². The average Bonchev–Trinajstić information content (AvgIpc) is 2.93. The van der Waals surface area contributed by atoms with Crippen LogP contribution in [0.15, 0.2) is 47.4 Å². The molecule has 1 aliphatic heterocycles. The molecule has 1 heterocycles. The molecule has 1 aliphatic rings. The summed E-state index contributed by atoms with van der Waals surface area (Å²) in [5.41, 5.74) is -2.06. The number of hydrogen-bond donors (Lipinski definition) is 3. The Morgan fingerprint density at radius 3 is 2.53 bits per heavy atom. The second-order valence-electron chi connectivity index (χ2n) is 6.67. The maximum Gasteiger partial charge on any atom is 0.417 e. The summed E-state index contributed by atoms with van der Waals surface area (Å²) in [6.07, 6.45) is -4.66. The predicted octanol–water partition coefficient (Wildman–Crippen LogP) is 4.30. The molecular weight excluding hydrogens is 443 g/mol. The molecule has 0 aromatic heterocycles. The zero-order valence-corrected chi connectivity index (χ0v) is 17.0. The van der Waals surface area contributed by atoms with Crippen LogP contribution in [0.1, 0.15) is 22.8 Å². The van der Waals surface area contributed by atoms with E-state index in [-0.39, 0.29) is 17.0 Å². The summed E-state index contributed by atoms with van der Waals surface area (Å²) in [5, 5.41) is 6.64. The summed E-state index contributed by atoms with van der Waals surface area (Å²) in [5.74, 6) is -0.963. The average molecular weight is 458 g/mol. The van der Waals surface area contributed by atoms with Gasteiger partial charge in [-0.1, -0.05) is 23.7 Å². The van der Waals surface area contributed by atoms with Crippen LogP contribution in [0.25, 0.3) is 0 Å². The van der Waals surface area contributed by atoms with E-state index in [0.29, 0.717) is 4.90 Å². The minimum atomic E-state index is -4.66. The molecule has 2 aromatic carbocycles. The second kappa shape index (κ2) is 8.19. The fourth-order valence-electron chi connectivity index (χ4n) is 2.70. The summed E-state index contributed by atoms with van der Waals surface area (Å²) in [6.45, 7) is 1.55. The number of alkyl halides is 3. The number of halogens is 4. The highest BCUT2D eigenvalue weighted by molar-refractivity contribution is 7.99. The molecule has 0 aliphatic carbocycles. The van der Waals surface area contributed by atoms with Gasteiger partial charge in [-0.2, -0.15) is 13.2 Å². The Morgan fingerprint density at radius 1 is 1.20 bits per heavy atom. The monoisotopic (exact) mass is 457 g/mol. The minimum absolute atomic E-state index is 0.0640. The van der Waals surface area contributed by atoms with Crippen molar-refractivity contribution in [2.45, 2.75) is 23.5 Å². The fraction of sp³-hybridized carbons (Fsp3) is 0.211. The van der Waals surface area contributed by atoms with E-state index in [1.807, 2.05) is 0 Å². The van der Waals surface area contributed by atoms with Crippen molar-refractivity contribution in [2.24, 2.45) is 0 Å². The van der Waals surface area contributed by atoms with Gasteiger partial charge in [0.05, 0.1) is 16.1 Å². The van der Waals surface area contributed by atoms with Crippen LogP contribution in [-0.2, 0) is 11.0 Å². The lowest BCUT2D eigenvalue weighted by Crippen LogP contribution is -2.46. The van der Waals surface area contributed by atoms with Gasteiger partial charge in [-0.25, -0.2) is 4.79 Å². The standard InChI is InChI=1S/C19H15ClF3N3O3S/c1-18(16(28)25-17(29)26-18)9-30-14-5-3-2-4-11(14)15(27)24-10-6-7-13(20)12(8-10)19(21,22)23/h2-8H,9H2,1H3,(H,24,27)(H2,25,26,28,29)/t18-/m1/s1. The molecule has 158 valence electrons. The van der Waals surface area contributed by atoms with Gasteiger partial charge in [0.1, 0.15) is 5.54 Å². The third-order valence-electron chi connectivity index (χ3n) is 4.30. The molecule has 3 N–H and O–H groups in total. The van der Waals surface area contributed by atoms with Gasteiger partial charge in [0.15, 0.2) is 0 Å². The van der Waals surface area contributed by atoms with E-state index >= 15 is 0 Å². The Labute approximate surface area is 178 Å². The normalized spacial score (nSPS) is 18.7. The third kappa shape index (κ3) is 4.71. The first-order valence-electron chi connectivity index (χ1n) is 8.53. The maximum atomic E-state index is 13.0. The number of nitrogens with one attached hydrogen (secondary N) is 3. The van der Waals surface area contributed by atoms with Crippen molar-refractivity contribution in [3.05, 3.63) is 58.6 Å². The number of urea groups is 1. The molecule has 0 radical (unpaired) electrons. The van der Waals surface area contributed by atoms with Crippen molar-refractivity contribution in [1.82, 2.24) is 10.6 Å². The number of carbonyl (C=O) groups excluding carboxylic acids is 3. The largest absolute Gasteiger partial charge is 0.417 e. The number of rotatable bonds is 5. The van der Waals surface area contributed by atoms with Crippen molar-refractivity contribution < 1.29 is 27.6 Å². The van der Waals surface area contributed by atoms with Crippen LogP contribution in [0.5, 0.6) is 0 Å². The molecule has 1 saturated heterocycles. The molecule has 0 bridgehead atoms. The quantitative estimate of drug-likeness (QED) is 0.461. The van der Waals surface area contributed by atoms with Gasteiger partial charge in [0, 0.05) is 16.3 Å². The van der Waals surface area contributed by atoms with E-state index in [1.54, 1.807) is 25.1 Å². The Balaban J connectivity index is 1.78. The number of carbonyl (C=O) groups is 3. The lowest BCUT2D eigenvalue weighted by atomic mass is 10.1. The molecule has 0 unspecified atom stereocenters. The Kier molecular flexibility index (Phi) is 6.00. The number of imide groups is 1. The van der Waals surface area contributed by atoms with Gasteiger partial charge >= 0.3 is 12.2 Å². The molecule has 30 heavy (non-hydrogen) atoms. The Morgan fingerprint density at radius 2 is 1.90 bits per heavy atom. The highest BCUT2D eigenvalue weighted by Gasteiger charge is 2.42. The predicted molar refractivity (Wildman–Crippen MR) is 107 cm³/mol. The summed E-state index contributed by atoms with van der Waals surface area (Å²) < 4.78 is 39.1. The molecule has 0 spiro atoms. The molecular formula is C19H15ClF3N3O3S. The molecule has 2 aromatic rings. The van der Waals surface area contributed by atoms with E-state index in [2.05, 4.69) is 16.0 Å². The Bertz CT molecular complexity index is 1030. The van der Waals surface area contributed by atoms with Gasteiger partial charge in [0.2, 0.25) is 0 Å². The van der Waals surface area contributed by atoms with E-state index in [1.165, 1.54) is 12.1 Å². The topological polar surface area (TPSA) is 87.3 Å². The minimum Gasteiger partial charge on any atom is -0.323 e. The number of benzene rings is 2. The van der Waals surface area contributed by atoms with Gasteiger partial charge < -0.3 is 10.6 Å². The molecule has 1 fully saturated rings. The van der Waals surface area contributed by atoms with Crippen molar-refractivity contribution in [3.63, 3.8) is 0 Å². The summed E-state index contributed by atoms with van der Waals surface area (Å²) >= 11 is 6.76. The maximum absolute atomic E-state index is 13.0. The van der Waals surface area contributed by atoms with Crippen LogP contribution in [0.2, 0.25) is 5.02 Å². The van der Waals surface area contributed by atoms with Gasteiger partial charge in [-0.15, -0.1) is 11.8 Å². The van der Waals surface area contributed by atoms with Crippen LogP contribution in [-0.4, -0.2) is 29.1 Å². The molecule has 4 amide bonds. The van der Waals surface area contributed by atoms with Crippen LogP contribution in [0.3, 0.4) is 0 Å². The first-order valence-corrected chi connectivity index (χ1v) is 9.89. The van der Waals surface area contributed by atoms with Crippen LogP contribution >= 0.6 is 23.4 Å². The first-order chi connectivity index (χ1) is 14.0. The number of amides is 4. The van der Waals surface area contributed by atoms with Crippen LogP contribution in [0.4, 0.5) is 23.7 Å². The number of hydrogen-bond acceptors (Lipinski definition) is 4. The Hall–Kier alpha value is -2.72. The molecule has 3 rings (SSSR count). The SMILES string of the molecule is C[C@]1(CSc2ccccc2C(=O)Nc2ccc(Cl)c(C(F)(F)F)c2)NC(=O)NC1=O.